The van der Waals surface area contributed by atoms with E-state index in [1.54, 1.807) is 13.0 Å². The van der Waals surface area contributed by atoms with Crippen molar-refractivity contribution in [2.75, 3.05) is 18.1 Å². The SMILES string of the molecule is CC1C(=O)N(CC(O)COc2cccc3ccccc23)C(=O)N1c1ccc(F)cc1. The first-order valence-electron chi connectivity index (χ1n) is 9.64. The van der Waals surface area contributed by atoms with Crippen LogP contribution in [0.4, 0.5) is 14.9 Å². The minimum Gasteiger partial charge on any atom is -0.490 e. The largest absolute Gasteiger partial charge is 0.490 e. The van der Waals surface area contributed by atoms with Crippen LogP contribution >= 0.6 is 0 Å². The van der Waals surface area contributed by atoms with Gasteiger partial charge in [0.1, 0.15) is 30.3 Å². The minimum atomic E-state index is -1.06. The van der Waals surface area contributed by atoms with Crippen molar-refractivity contribution in [2.45, 2.75) is 19.1 Å². The normalized spacial score (nSPS) is 17.6. The Morgan fingerprint density at radius 3 is 2.50 bits per heavy atom. The summed E-state index contributed by atoms with van der Waals surface area (Å²) in [5.41, 5.74) is 0.422. The molecular formula is C23H21FN2O4. The highest BCUT2D eigenvalue weighted by Gasteiger charge is 2.43. The van der Waals surface area contributed by atoms with E-state index >= 15 is 0 Å². The van der Waals surface area contributed by atoms with Gasteiger partial charge in [0.2, 0.25) is 0 Å². The maximum Gasteiger partial charge on any atom is 0.332 e. The zero-order chi connectivity index (χ0) is 21.3. The molecule has 0 aliphatic carbocycles. The van der Waals surface area contributed by atoms with Crippen LogP contribution in [0.25, 0.3) is 10.8 Å². The minimum absolute atomic E-state index is 0.0734. The van der Waals surface area contributed by atoms with Gasteiger partial charge in [-0.2, -0.15) is 0 Å². The summed E-state index contributed by atoms with van der Waals surface area (Å²) in [6.45, 7) is 1.34. The molecule has 1 fully saturated rings. The van der Waals surface area contributed by atoms with Crippen LogP contribution in [0.15, 0.2) is 66.7 Å². The van der Waals surface area contributed by atoms with Gasteiger partial charge in [-0.25, -0.2) is 9.18 Å². The second-order valence-corrected chi connectivity index (χ2v) is 7.20. The smallest absolute Gasteiger partial charge is 0.332 e. The van der Waals surface area contributed by atoms with Crippen LogP contribution < -0.4 is 9.64 Å². The number of urea groups is 1. The molecule has 3 aromatic rings. The van der Waals surface area contributed by atoms with Crippen LogP contribution in [-0.2, 0) is 4.79 Å². The first kappa shape index (κ1) is 19.8. The lowest BCUT2D eigenvalue weighted by Gasteiger charge is -2.21. The van der Waals surface area contributed by atoms with Crippen molar-refractivity contribution in [3.63, 3.8) is 0 Å². The molecule has 4 rings (SSSR count). The van der Waals surface area contributed by atoms with E-state index in [-0.39, 0.29) is 13.2 Å². The number of nitrogens with zero attached hydrogens (tertiary/aromatic N) is 2. The van der Waals surface area contributed by atoms with E-state index in [4.69, 9.17) is 4.74 Å². The molecule has 1 N–H and O–H groups in total. The number of rotatable bonds is 6. The lowest BCUT2D eigenvalue weighted by atomic mass is 10.1. The molecular weight excluding hydrogens is 387 g/mol. The van der Waals surface area contributed by atoms with Gasteiger partial charge < -0.3 is 9.84 Å². The topological polar surface area (TPSA) is 70.1 Å². The number of anilines is 1. The monoisotopic (exact) mass is 408 g/mol. The van der Waals surface area contributed by atoms with Crippen molar-refractivity contribution in [2.24, 2.45) is 0 Å². The maximum absolute atomic E-state index is 13.2. The van der Waals surface area contributed by atoms with E-state index in [1.165, 1.54) is 29.2 Å². The molecule has 0 spiro atoms. The fourth-order valence-electron chi connectivity index (χ4n) is 3.60. The highest BCUT2D eigenvalue weighted by Crippen LogP contribution is 2.27. The summed E-state index contributed by atoms with van der Waals surface area (Å²) < 4.78 is 18.9. The molecule has 0 bridgehead atoms. The molecule has 30 heavy (non-hydrogen) atoms. The molecule has 6 nitrogen and oxygen atoms in total. The zero-order valence-corrected chi connectivity index (χ0v) is 16.4. The summed E-state index contributed by atoms with van der Waals surface area (Å²) in [5, 5.41) is 12.3. The van der Waals surface area contributed by atoms with E-state index in [0.29, 0.717) is 11.4 Å². The Balaban J connectivity index is 1.43. The lowest BCUT2D eigenvalue weighted by molar-refractivity contribution is -0.128. The molecule has 1 aliphatic heterocycles. The number of amides is 3. The average Bonchev–Trinajstić information content (AvgIpc) is 2.96. The quantitative estimate of drug-likeness (QED) is 0.633. The summed E-state index contributed by atoms with van der Waals surface area (Å²) in [6.07, 6.45) is -1.06. The summed E-state index contributed by atoms with van der Waals surface area (Å²) >= 11 is 0. The number of imide groups is 1. The predicted molar refractivity (Wildman–Crippen MR) is 111 cm³/mol. The zero-order valence-electron chi connectivity index (χ0n) is 16.4. The lowest BCUT2D eigenvalue weighted by Crippen LogP contribution is -2.40. The number of benzene rings is 3. The van der Waals surface area contributed by atoms with Gasteiger partial charge >= 0.3 is 6.03 Å². The van der Waals surface area contributed by atoms with Crippen LogP contribution in [0.2, 0.25) is 0 Å². The van der Waals surface area contributed by atoms with Gasteiger partial charge in [0.25, 0.3) is 5.91 Å². The van der Waals surface area contributed by atoms with Gasteiger partial charge in [-0.3, -0.25) is 14.6 Å². The number of carbonyl (C=O) groups excluding carboxylic acids is 2. The van der Waals surface area contributed by atoms with Gasteiger partial charge in [0, 0.05) is 11.1 Å². The Morgan fingerprint density at radius 1 is 1.03 bits per heavy atom. The molecule has 7 heteroatoms. The van der Waals surface area contributed by atoms with Crippen molar-refractivity contribution in [1.82, 2.24) is 4.90 Å². The molecule has 0 aromatic heterocycles. The number of fused-ring (bicyclic) bond motifs is 1. The Labute approximate surface area is 173 Å². The molecule has 1 saturated heterocycles. The third kappa shape index (κ3) is 3.71. The molecule has 0 saturated carbocycles. The molecule has 3 aromatic carbocycles. The first-order valence-corrected chi connectivity index (χ1v) is 9.64. The van der Waals surface area contributed by atoms with Crippen molar-refractivity contribution in [3.05, 3.63) is 72.5 Å². The van der Waals surface area contributed by atoms with Crippen molar-refractivity contribution < 1.29 is 23.8 Å². The Kier molecular flexibility index (Phi) is 5.37. The van der Waals surface area contributed by atoms with Crippen LogP contribution in [0.1, 0.15) is 6.92 Å². The summed E-state index contributed by atoms with van der Waals surface area (Å²) in [6, 6.07) is 17.4. The Bertz CT molecular complexity index is 1080. The molecule has 0 radical (unpaired) electrons. The predicted octanol–water partition coefficient (Wildman–Crippen LogP) is 3.58. The summed E-state index contributed by atoms with van der Waals surface area (Å²) in [7, 11) is 0. The maximum atomic E-state index is 13.2. The Hall–Kier alpha value is -3.45. The van der Waals surface area contributed by atoms with Crippen LogP contribution in [0, 0.1) is 5.82 Å². The van der Waals surface area contributed by atoms with Gasteiger partial charge in [0.15, 0.2) is 0 Å². The highest BCUT2D eigenvalue weighted by molar-refractivity contribution is 6.14. The number of carbonyl (C=O) groups is 2. The van der Waals surface area contributed by atoms with Crippen LogP contribution in [-0.4, -0.2) is 47.2 Å². The molecule has 2 atom stereocenters. The van der Waals surface area contributed by atoms with Crippen LogP contribution in [0.3, 0.4) is 0 Å². The second-order valence-electron chi connectivity index (χ2n) is 7.20. The second kappa shape index (κ2) is 8.12. The van der Waals surface area contributed by atoms with E-state index in [1.807, 2.05) is 36.4 Å². The molecule has 1 aliphatic rings. The van der Waals surface area contributed by atoms with Gasteiger partial charge in [-0.1, -0.05) is 36.4 Å². The fourth-order valence-corrected chi connectivity index (χ4v) is 3.60. The third-order valence-electron chi connectivity index (χ3n) is 5.13. The number of ether oxygens (including phenoxy) is 1. The Morgan fingerprint density at radius 2 is 1.73 bits per heavy atom. The van der Waals surface area contributed by atoms with Gasteiger partial charge in [-0.05, 0) is 42.6 Å². The van der Waals surface area contributed by atoms with Crippen molar-refractivity contribution in [3.8, 4) is 5.75 Å². The molecule has 3 amide bonds. The number of β-amino-alcohol motifs (C(OH)–C–C–N with tert-alkyl or cyclic N) is 1. The number of hydrogen-bond acceptors (Lipinski definition) is 4. The summed E-state index contributed by atoms with van der Waals surface area (Å²) in [5.74, 6) is -0.233. The molecule has 154 valence electrons. The van der Waals surface area contributed by atoms with Gasteiger partial charge in [0.05, 0.1) is 6.54 Å². The van der Waals surface area contributed by atoms with Crippen LogP contribution in [0.5, 0.6) is 5.75 Å². The fraction of sp³-hybridized carbons (Fsp3) is 0.217. The van der Waals surface area contributed by atoms with E-state index in [9.17, 15) is 19.1 Å². The van der Waals surface area contributed by atoms with Crippen molar-refractivity contribution >= 4 is 28.4 Å². The standard InChI is InChI=1S/C23H21FN2O4/c1-15-22(28)25(23(29)26(15)18-11-9-17(24)10-12-18)13-19(27)14-30-21-8-4-6-16-5-2-3-7-20(16)21/h2-12,15,19,27H,13-14H2,1H3. The number of aliphatic hydroxyl groups is 1. The number of aliphatic hydroxyl groups excluding tert-OH is 1. The van der Waals surface area contributed by atoms with E-state index in [2.05, 4.69) is 0 Å². The number of hydrogen-bond donors (Lipinski definition) is 1. The van der Waals surface area contributed by atoms with E-state index in [0.717, 1.165) is 15.7 Å². The molecule has 2 unspecified atom stereocenters. The third-order valence-corrected chi connectivity index (χ3v) is 5.13. The average molecular weight is 408 g/mol. The number of halogens is 1. The molecule has 1 heterocycles. The van der Waals surface area contributed by atoms with Crippen molar-refractivity contribution in [1.29, 1.82) is 0 Å². The highest BCUT2D eigenvalue weighted by atomic mass is 19.1. The summed E-state index contributed by atoms with van der Waals surface area (Å²) in [4.78, 5) is 27.7. The van der Waals surface area contributed by atoms with Gasteiger partial charge in [-0.15, -0.1) is 0 Å². The van der Waals surface area contributed by atoms with E-state index < -0.39 is 29.9 Å². The first-order chi connectivity index (χ1) is 14.5.